The van der Waals surface area contributed by atoms with Gasteiger partial charge in [-0.25, -0.2) is 15.0 Å². The van der Waals surface area contributed by atoms with Crippen LogP contribution in [-0.2, 0) is 20.5 Å². The monoisotopic (exact) mass is 421 g/mol. The Labute approximate surface area is 178 Å². The van der Waals surface area contributed by atoms with E-state index in [4.69, 9.17) is 4.42 Å². The number of aryl methyl sites for hydroxylation is 3. The van der Waals surface area contributed by atoms with Crippen LogP contribution < -0.4 is 10.6 Å². The molecular weight excluding hydrogens is 398 g/mol. The third-order valence-corrected chi connectivity index (χ3v) is 4.99. The van der Waals surface area contributed by atoms with Crippen LogP contribution >= 0.6 is 0 Å². The topological polar surface area (TPSA) is 129 Å². The van der Waals surface area contributed by atoms with Crippen LogP contribution in [0.4, 0.5) is 11.8 Å². The van der Waals surface area contributed by atoms with E-state index in [1.807, 2.05) is 34.0 Å². The van der Waals surface area contributed by atoms with Gasteiger partial charge in [0.25, 0.3) is 5.89 Å². The van der Waals surface area contributed by atoms with Gasteiger partial charge in [-0.3, -0.25) is 14.2 Å². The number of hydrogen-bond acceptors (Lipinski definition) is 8. The van der Waals surface area contributed by atoms with E-state index in [1.165, 1.54) is 6.26 Å². The fourth-order valence-electron chi connectivity index (χ4n) is 3.04. The predicted octanol–water partition coefficient (Wildman–Crippen LogP) is 1.93. The fraction of sp³-hybridized carbons (Fsp3) is 0.300. The molecule has 4 heterocycles. The first kappa shape index (κ1) is 20.3. The third-order valence-electron chi connectivity index (χ3n) is 4.99. The molecule has 2 N–H and O–H groups in total. The maximum Gasteiger partial charge on any atom is 0.307 e. The van der Waals surface area contributed by atoms with Gasteiger partial charge in [-0.2, -0.15) is 10.2 Å². The van der Waals surface area contributed by atoms with Gasteiger partial charge in [0, 0.05) is 38.6 Å². The summed E-state index contributed by atoms with van der Waals surface area (Å²) >= 11 is 0. The highest BCUT2D eigenvalue weighted by Crippen LogP contribution is 2.22. The highest BCUT2D eigenvalue weighted by molar-refractivity contribution is 5.90. The van der Waals surface area contributed by atoms with Gasteiger partial charge in [-0.05, 0) is 31.4 Å². The van der Waals surface area contributed by atoms with Crippen LogP contribution in [0.2, 0.25) is 0 Å². The molecule has 4 aromatic heterocycles. The minimum atomic E-state index is -0.382. The van der Waals surface area contributed by atoms with Crippen molar-refractivity contribution in [3.8, 4) is 11.4 Å². The van der Waals surface area contributed by atoms with E-state index in [0.29, 0.717) is 30.3 Å². The van der Waals surface area contributed by atoms with Crippen molar-refractivity contribution in [3.05, 3.63) is 53.6 Å². The second-order valence-electron chi connectivity index (χ2n) is 7.11. The van der Waals surface area contributed by atoms with Crippen LogP contribution in [0.25, 0.3) is 11.4 Å². The van der Waals surface area contributed by atoms with Crippen LogP contribution in [0.3, 0.4) is 0 Å². The van der Waals surface area contributed by atoms with E-state index in [-0.39, 0.29) is 11.8 Å². The fourth-order valence-corrected chi connectivity index (χ4v) is 3.04. The van der Waals surface area contributed by atoms with Crippen molar-refractivity contribution in [2.45, 2.75) is 20.3 Å². The smallest absolute Gasteiger partial charge is 0.307 e. The number of amides is 1. The molecule has 0 saturated heterocycles. The molecular formula is C20H23N9O2. The summed E-state index contributed by atoms with van der Waals surface area (Å²) in [6.45, 7) is 4.31. The van der Waals surface area contributed by atoms with Gasteiger partial charge in [-0.15, -0.1) is 0 Å². The molecule has 0 fully saturated rings. The zero-order valence-electron chi connectivity index (χ0n) is 17.7. The number of hydrogen-bond donors (Lipinski definition) is 2. The summed E-state index contributed by atoms with van der Waals surface area (Å²) in [5.41, 5.74) is 4.00. The summed E-state index contributed by atoms with van der Waals surface area (Å²) in [4.78, 5) is 25.6. The average molecular weight is 421 g/mol. The molecule has 31 heavy (non-hydrogen) atoms. The lowest BCUT2D eigenvalue weighted by Gasteiger charge is -2.07. The summed E-state index contributed by atoms with van der Waals surface area (Å²) in [7, 11) is 3.70. The van der Waals surface area contributed by atoms with Gasteiger partial charge >= 0.3 is 5.91 Å². The molecule has 11 nitrogen and oxygen atoms in total. The van der Waals surface area contributed by atoms with E-state index < -0.39 is 0 Å². The maximum atomic E-state index is 12.4. The lowest BCUT2D eigenvalue weighted by Crippen LogP contribution is -2.26. The molecule has 1 amide bonds. The van der Waals surface area contributed by atoms with Gasteiger partial charge in [-0.1, -0.05) is 0 Å². The first-order chi connectivity index (χ1) is 14.9. The van der Waals surface area contributed by atoms with Crippen molar-refractivity contribution < 1.29 is 9.21 Å². The Morgan fingerprint density at radius 2 is 1.97 bits per heavy atom. The molecule has 0 aliphatic rings. The Bertz CT molecular complexity index is 1220. The second kappa shape index (κ2) is 8.38. The molecule has 11 heteroatoms. The van der Waals surface area contributed by atoms with E-state index >= 15 is 0 Å². The van der Waals surface area contributed by atoms with E-state index in [1.54, 1.807) is 28.0 Å². The number of anilines is 2. The van der Waals surface area contributed by atoms with Crippen molar-refractivity contribution >= 4 is 17.7 Å². The summed E-state index contributed by atoms with van der Waals surface area (Å²) in [5.74, 6) is 0.744. The zero-order chi connectivity index (χ0) is 22.0. The van der Waals surface area contributed by atoms with Crippen molar-refractivity contribution in [3.63, 3.8) is 0 Å². The van der Waals surface area contributed by atoms with Gasteiger partial charge < -0.3 is 15.1 Å². The molecule has 0 aliphatic carbocycles. The second-order valence-corrected chi connectivity index (χ2v) is 7.11. The molecule has 0 atom stereocenters. The molecule has 0 saturated carbocycles. The number of oxazole rings is 1. The molecule has 0 aromatic carbocycles. The van der Waals surface area contributed by atoms with Gasteiger partial charge in [0.1, 0.15) is 23.5 Å². The predicted molar refractivity (Wildman–Crippen MR) is 113 cm³/mol. The molecule has 4 rings (SSSR count). The number of nitrogens with one attached hydrogen (secondary N) is 2. The summed E-state index contributed by atoms with van der Waals surface area (Å²) in [6.07, 6.45) is 7.26. The molecule has 0 radical (unpaired) electrons. The first-order valence-electron chi connectivity index (χ1n) is 9.72. The number of nitrogens with zero attached hydrogens (tertiary/aromatic N) is 7. The Morgan fingerprint density at radius 1 is 1.13 bits per heavy atom. The van der Waals surface area contributed by atoms with Crippen LogP contribution in [0.1, 0.15) is 27.5 Å². The van der Waals surface area contributed by atoms with Crippen molar-refractivity contribution in [1.82, 2.24) is 39.8 Å². The zero-order valence-corrected chi connectivity index (χ0v) is 17.7. The number of rotatable bonds is 7. The summed E-state index contributed by atoms with van der Waals surface area (Å²) in [5, 5.41) is 14.2. The van der Waals surface area contributed by atoms with Gasteiger partial charge in [0.15, 0.2) is 0 Å². The SMILES string of the molecule is Cc1cnc(Nc2ccnn2C)nc1-c1coc(C(=O)NCCc2cnn(C)c2C)n1. The molecule has 4 aromatic rings. The molecule has 160 valence electrons. The third kappa shape index (κ3) is 4.29. The average Bonchev–Trinajstić information content (AvgIpc) is 3.47. The van der Waals surface area contributed by atoms with Crippen LogP contribution in [0.15, 0.2) is 35.3 Å². The first-order valence-corrected chi connectivity index (χ1v) is 9.72. The Balaban J connectivity index is 1.44. The Morgan fingerprint density at radius 3 is 2.68 bits per heavy atom. The normalized spacial score (nSPS) is 11.0. The van der Waals surface area contributed by atoms with Crippen LogP contribution in [0, 0.1) is 13.8 Å². The number of carbonyl (C=O) groups excluding carboxylic acids is 1. The number of aromatic nitrogens is 7. The lowest BCUT2D eigenvalue weighted by atomic mass is 10.2. The quantitative estimate of drug-likeness (QED) is 0.463. The minimum Gasteiger partial charge on any atom is -0.440 e. The van der Waals surface area contributed by atoms with Crippen molar-refractivity contribution in [2.75, 3.05) is 11.9 Å². The van der Waals surface area contributed by atoms with Gasteiger partial charge in [0.2, 0.25) is 5.95 Å². The number of carbonyl (C=O) groups is 1. The molecule has 0 spiro atoms. The largest absolute Gasteiger partial charge is 0.440 e. The van der Waals surface area contributed by atoms with Crippen LogP contribution in [0.5, 0.6) is 0 Å². The van der Waals surface area contributed by atoms with Crippen molar-refractivity contribution in [2.24, 2.45) is 14.1 Å². The standard InChI is InChI=1S/C20H23N9O2/c1-12-9-22-20(26-16-6-8-23-29(16)4)27-17(12)15-11-31-19(25-15)18(30)21-7-5-14-10-24-28(3)13(14)2/h6,8-11H,5,7H2,1-4H3,(H,21,30)(H,22,26,27). The Hall–Kier alpha value is -4.02. The van der Waals surface area contributed by atoms with Gasteiger partial charge in [0.05, 0.1) is 12.4 Å². The highest BCUT2D eigenvalue weighted by atomic mass is 16.4. The molecule has 0 unspecified atom stereocenters. The van der Waals surface area contributed by atoms with E-state index in [2.05, 4.69) is 35.8 Å². The van der Waals surface area contributed by atoms with E-state index in [0.717, 1.165) is 22.6 Å². The van der Waals surface area contributed by atoms with Crippen molar-refractivity contribution in [1.29, 1.82) is 0 Å². The lowest BCUT2D eigenvalue weighted by molar-refractivity contribution is 0.0919. The highest BCUT2D eigenvalue weighted by Gasteiger charge is 2.17. The maximum absolute atomic E-state index is 12.4. The van der Waals surface area contributed by atoms with Crippen LogP contribution in [-0.4, -0.2) is 47.0 Å². The van der Waals surface area contributed by atoms with E-state index in [9.17, 15) is 4.79 Å². The summed E-state index contributed by atoms with van der Waals surface area (Å²) in [6, 6.07) is 1.81. The molecule has 0 bridgehead atoms. The molecule has 0 aliphatic heterocycles. The minimum absolute atomic E-state index is 0.0166. The summed E-state index contributed by atoms with van der Waals surface area (Å²) < 4.78 is 8.88. The Kier molecular flexibility index (Phi) is 5.48.